The molecule has 0 aromatic heterocycles. The first-order valence-electron chi connectivity index (χ1n) is 3.72. The topological polar surface area (TPSA) is 26.0 Å². The molecule has 1 heteroatoms. The van der Waals surface area contributed by atoms with Crippen molar-refractivity contribution in [3.8, 4) is 12.3 Å². The predicted octanol–water partition coefficient (Wildman–Crippen LogP) is 1.85. The largest absolute Gasteiger partial charge is 0.321 e. The second kappa shape index (κ2) is 3.75. The molecule has 12 heavy (non-hydrogen) atoms. The first-order valence-corrected chi connectivity index (χ1v) is 3.72. The van der Waals surface area contributed by atoms with Crippen LogP contribution in [-0.4, -0.2) is 0 Å². The Morgan fingerprint density at radius 3 is 2.92 bits per heavy atom. The fraction of sp³-hybridized carbons (Fsp3) is 0.0909. The fourth-order valence-electron chi connectivity index (χ4n) is 0.972. The van der Waals surface area contributed by atoms with Crippen molar-refractivity contribution in [2.24, 2.45) is 5.73 Å². The molecule has 1 aromatic rings. The van der Waals surface area contributed by atoms with Crippen LogP contribution in [-0.2, 0) is 0 Å². The van der Waals surface area contributed by atoms with Gasteiger partial charge in [-0.05, 0) is 17.7 Å². The van der Waals surface area contributed by atoms with E-state index >= 15 is 0 Å². The van der Waals surface area contributed by atoms with Crippen LogP contribution in [0.2, 0.25) is 0 Å². The molecule has 1 nitrogen and oxygen atoms in total. The summed E-state index contributed by atoms with van der Waals surface area (Å²) in [6.07, 6.45) is 6.93. The lowest BCUT2D eigenvalue weighted by Gasteiger charge is -2.05. The fourth-order valence-corrected chi connectivity index (χ4v) is 0.972. The number of rotatable bonds is 2. The van der Waals surface area contributed by atoms with Crippen LogP contribution in [0.3, 0.4) is 0 Å². The molecule has 0 aliphatic heterocycles. The van der Waals surface area contributed by atoms with Crippen molar-refractivity contribution in [2.45, 2.75) is 6.04 Å². The molecule has 0 aliphatic rings. The zero-order chi connectivity index (χ0) is 8.97. The lowest BCUT2D eigenvalue weighted by atomic mass is 10.1. The van der Waals surface area contributed by atoms with Gasteiger partial charge in [0.05, 0.1) is 0 Å². The van der Waals surface area contributed by atoms with E-state index in [0.29, 0.717) is 0 Å². The molecular formula is C11H11N. The van der Waals surface area contributed by atoms with Gasteiger partial charge in [-0.3, -0.25) is 0 Å². The first kappa shape index (κ1) is 8.58. The van der Waals surface area contributed by atoms with E-state index in [-0.39, 0.29) is 6.04 Å². The molecule has 1 atom stereocenters. The second-order valence-corrected chi connectivity index (χ2v) is 2.53. The van der Waals surface area contributed by atoms with Gasteiger partial charge in [-0.1, -0.05) is 24.1 Å². The standard InChI is InChI=1S/C11H11N/c1-3-9-6-5-7-10(8-9)11(12)4-2/h1,4-8,11H,2,12H2/t11-/m1/s1. The van der Waals surface area contributed by atoms with Gasteiger partial charge in [-0.2, -0.15) is 0 Å². The van der Waals surface area contributed by atoms with E-state index in [4.69, 9.17) is 12.2 Å². The minimum atomic E-state index is -0.127. The van der Waals surface area contributed by atoms with Gasteiger partial charge < -0.3 is 5.73 Å². The number of terminal acetylenes is 1. The van der Waals surface area contributed by atoms with Gasteiger partial charge in [-0.15, -0.1) is 13.0 Å². The Hall–Kier alpha value is -1.52. The lowest BCUT2D eigenvalue weighted by Crippen LogP contribution is -2.06. The Kier molecular flexibility index (Phi) is 2.68. The van der Waals surface area contributed by atoms with Gasteiger partial charge in [-0.25, -0.2) is 0 Å². The van der Waals surface area contributed by atoms with E-state index in [1.165, 1.54) is 0 Å². The van der Waals surface area contributed by atoms with Gasteiger partial charge in [0.2, 0.25) is 0 Å². The van der Waals surface area contributed by atoms with Gasteiger partial charge in [0.25, 0.3) is 0 Å². The van der Waals surface area contributed by atoms with E-state index in [2.05, 4.69) is 12.5 Å². The summed E-state index contributed by atoms with van der Waals surface area (Å²) in [7, 11) is 0. The highest BCUT2D eigenvalue weighted by atomic mass is 14.6. The van der Waals surface area contributed by atoms with E-state index in [0.717, 1.165) is 11.1 Å². The Balaban J connectivity index is 3.03. The molecule has 0 amide bonds. The van der Waals surface area contributed by atoms with Crippen LogP contribution in [0.5, 0.6) is 0 Å². The van der Waals surface area contributed by atoms with Crippen LogP contribution >= 0.6 is 0 Å². The molecule has 0 radical (unpaired) electrons. The average Bonchev–Trinajstić information content (AvgIpc) is 2.17. The van der Waals surface area contributed by atoms with Crippen molar-refractivity contribution in [3.05, 3.63) is 48.0 Å². The maximum absolute atomic E-state index is 5.73. The smallest absolute Gasteiger partial charge is 0.0478 e. The molecule has 0 saturated carbocycles. The molecule has 0 unspecified atom stereocenters. The molecular weight excluding hydrogens is 146 g/mol. The van der Waals surface area contributed by atoms with Crippen LogP contribution in [0.4, 0.5) is 0 Å². The van der Waals surface area contributed by atoms with E-state index < -0.39 is 0 Å². The molecule has 0 spiro atoms. The monoisotopic (exact) mass is 157 g/mol. The molecule has 1 aromatic carbocycles. The van der Waals surface area contributed by atoms with E-state index in [9.17, 15) is 0 Å². The zero-order valence-electron chi connectivity index (χ0n) is 6.83. The second-order valence-electron chi connectivity index (χ2n) is 2.53. The molecule has 0 saturated heterocycles. The van der Waals surface area contributed by atoms with Crippen molar-refractivity contribution in [1.82, 2.24) is 0 Å². The molecule has 0 aliphatic carbocycles. The number of hydrogen-bond acceptors (Lipinski definition) is 1. The maximum Gasteiger partial charge on any atom is 0.0478 e. The summed E-state index contributed by atoms with van der Waals surface area (Å²) in [5.41, 5.74) is 7.58. The van der Waals surface area contributed by atoms with E-state index in [1.807, 2.05) is 24.3 Å². The highest BCUT2D eigenvalue weighted by Gasteiger charge is 1.99. The highest BCUT2D eigenvalue weighted by molar-refractivity contribution is 5.37. The van der Waals surface area contributed by atoms with Crippen molar-refractivity contribution >= 4 is 0 Å². The van der Waals surface area contributed by atoms with E-state index in [1.54, 1.807) is 6.08 Å². The summed E-state index contributed by atoms with van der Waals surface area (Å²) in [5, 5.41) is 0. The molecule has 60 valence electrons. The lowest BCUT2D eigenvalue weighted by molar-refractivity contribution is 0.914. The van der Waals surface area contributed by atoms with Gasteiger partial charge in [0, 0.05) is 11.6 Å². The van der Waals surface area contributed by atoms with Gasteiger partial charge in [0.1, 0.15) is 0 Å². The van der Waals surface area contributed by atoms with Gasteiger partial charge >= 0.3 is 0 Å². The molecule has 0 fully saturated rings. The Bertz CT molecular complexity index is 320. The maximum atomic E-state index is 5.73. The summed E-state index contributed by atoms with van der Waals surface area (Å²) in [6.45, 7) is 3.62. The average molecular weight is 157 g/mol. The Morgan fingerprint density at radius 1 is 1.58 bits per heavy atom. The summed E-state index contributed by atoms with van der Waals surface area (Å²) >= 11 is 0. The molecule has 2 N–H and O–H groups in total. The van der Waals surface area contributed by atoms with Crippen molar-refractivity contribution in [2.75, 3.05) is 0 Å². The highest BCUT2D eigenvalue weighted by Crippen LogP contribution is 2.12. The molecule has 0 bridgehead atoms. The summed E-state index contributed by atoms with van der Waals surface area (Å²) < 4.78 is 0. The minimum absolute atomic E-state index is 0.127. The Morgan fingerprint density at radius 2 is 2.33 bits per heavy atom. The van der Waals surface area contributed by atoms with Crippen LogP contribution < -0.4 is 5.73 Å². The first-order chi connectivity index (χ1) is 5.77. The third kappa shape index (κ3) is 1.75. The van der Waals surface area contributed by atoms with Crippen molar-refractivity contribution in [1.29, 1.82) is 0 Å². The van der Waals surface area contributed by atoms with Crippen LogP contribution in [0, 0.1) is 12.3 Å². The van der Waals surface area contributed by atoms with Gasteiger partial charge in [0.15, 0.2) is 0 Å². The number of hydrogen-bond donors (Lipinski definition) is 1. The third-order valence-corrected chi connectivity index (χ3v) is 1.69. The van der Waals surface area contributed by atoms with Crippen LogP contribution in [0.15, 0.2) is 36.9 Å². The summed E-state index contributed by atoms with van der Waals surface area (Å²) in [5.74, 6) is 2.56. The third-order valence-electron chi connectivity index (χ3n) is 1.69. The van der Waals surface area contributed by atoms with Crippen molar-refractivity contribution < 1.29 is 0 Å². The normalized spacial score (nSPS) is 11.7. The molecule has 1 rings (SSSR count). The quantitative estimate of drug-likeness (QED) is 0.514. The van der Waals surface area contributed by atoms with Crippen LogP contribution in [0.1, 0.15) is 17.2 Å². The molecule has 0 heterocycles. The zero-order valence-corrected chi connectivity index (χ0v) is 6.83. The Labute approximate surface area is 72.9 Å². The summed E-state index contributed by atoms with van der Waals surface area (Å²) in [6, 6.07) is 7.48. The number of benzene rings is 1. The predicted molar refractivity (Wildman–Crippen MR) is 51.5 cm³/mol. The van der Waals surface area contributed by atoms with Crippen LogP contribution in [0.25, 0.3) is 0 Å². The minimum Gasteiger partial charge on any atom is -0.321 e. The summed E-state index contributed by atoms with van der Waals surface area (Å²) in [4.78, 5) is 0. The SMILES string of the molecule is C#Cc1cccc([C@H](N)C=C)c1. The van der Waals surface area contributed by atoms with Crippen molar-refractivity contribution in [3.63, 3.8) is 0 Å². The number of nitrogens with two attached hydrogens (primary N) is 1.